The van der Waals surface area contributed by atoms with Crippen LogP contribution in [0.2, 0.25) is 0 Å². The van der Waals surface area contributed by atoms with Crippen molar-refractivity contribution in [2.24, 2.45) is 0 Å². The van der Waals surface area contributed by atoms with Gasteiger partial charge in [0.25, 0.3) is 0 Å². The largest absolute Gasteiger partial charge is 0.381 e. The second-order valence-electron chi connectivity index (χ2n) is 8.72. The summed E-state index contributed by atoms with van der Waals surface area (Å²) in [5.74, 6) is -0.381. The molecule has 0 unspecified atom stereocenters. The molecule has 0 aromatic heterocycles. The summed E-state index contributed by atoms with van der Waals surface area (Å²) in [5, 5.41) is 0. The van der Waals surface area contributed by atoms with Crippen LogP contribution in [0.3, 0.4) is 0 Å². The molecule has 0 saturated carbocycles. The van der Waals surface area contributed by atoms with Gasteiger partial charge in [0.1, 0.15) is 5.82 Å². The predicted molar refractivity (Wildman–Crippen MR) is 120 cm³/mol. The molecule has 2 saturated heterocycles. The van der Waals surface area contributed by atoms with Gasteiger partial charge in [-0.25, -0.2) is 12.8 Å². The van der Waals surface area contributed by atoms with E-state index in [1.807, 2.05) is 0 Å². The zero-order valence-corrected chi connectivity index (χ0v) is 19.2. The lowest BCUT2D eigenvalue weighted by Gasteiger charge is -2.39. The van der Waals surface area contributed by atoms with Crippen LogP contribution in [0.15, 0.2) is 47.4 Å². The maximum absolute atomic E-state index is 13.9. The van der Waals surface area contributed by atoms with Gasteiger partial charge in [-0.2, -0.15) is 4.31 Å². The van der Waals surface area contributed by atoms with Crippen molar-refractivity contribution in [3.63, 3.8) is 0 Å². The van der Waals surface area contributed by atoms with Crippen LogP contribution in [0.1, 0.15) is 24.0 Å². The molecular weight excluding hydrogens is 447 g/mol. The van der Waals surface area contributed by atoms with E-state index in [9.17, 15) is 17.6 Å². The van der Waals surface area contributed by atoms with Gasteiger partial charge in [0.2, 0.25) is 15.9 Å². The average Bonchev–Trinajstić information content (AvgIpc) is 3.28. The summed E-state index contributed by atoms with van der Waals surface area (Å²) >= 11 is 0. The van der Waals surface area contributed by atoms with Gasteiger partial charge >= 0.3 is 0 Å². The highest BCUT2D eigenvalue weighted by Gasteiger charge is 2.45. The predicted octanol–water partition coefficient (Wildman–Crippen LogP) is 2.48. The molecule has 0 N–H and O–H groups in total. The molecule has 2 aromatic carbocycles. The number of hydrogen-bond donors (Lipinski definition) is 0. The van der Waals surface area contributed by atoms with Crippen molar-refractivity contribution in [1.29, 1.82) is 0 Å². The highest BCUT2D eigenvalue weighted by Crippen LogP contribution is 2.41. The van der Waals surface area contributed by atoms with Crippen LogP contribution < -0.4 is 4.90 Å². The van der Waals surface area contributed by atoms with Gasteiger partial charge in [0.05, 0.1) is 23.5 Å². The molecule has 3 heterocycles. The summed E-state index contributed by atoms with van der Waals surface area (Å²) in [5.41, 5.74) is 1.59. The lowest BCUT2D eigenvalue weighted by Crippen LogP contribution is -2.49. The van der Waals surface area contributed by atoms with Gasteiger partial charge in [0.15, 0.2) is 0 Å². The SMILES string of the molecule is O=C(N1CCc2cc(S(=O)(=O)N3CCOCC3)ccc21)C1(c2ccc(F)cc2)CCOCC1. The number of sulfonamides is 1. The molecule has 3 aliphatic heterocycles. The maximum atomic E-state index is 13.9. The number of anilines is 1. The minimum atomic E-state index is -3.60. The molecule has 9 heteroatoms. The number of hydrogen-bond acceptors (Lipinski definition) is 5. The molecule has 0 bridgehead atoms. The summed E-state index contributed by atoms with van der Waals surface area (Å²) in [6, 6.07) is 11.2. The van der Waals surface area contributed by atoms with Gasteiger partial charge in [-0.1, -0.05) is 12.1 Å². The van der Waals surface area contributed by atoms with Crippen LogP contribution >= 0.6 is 0 Å². The number of ether oxygens (including phenoxy) is 2. The smallest absolute Gasteiger partial charge is 0.243 e. The third-order valence-corrected chi connectivity index (χ3v) is 8.85. The Hall–Kier alpha value is -2.33. The van der Waals surface area contributed by atoms with Crippen molar-refractivity contribution < 1.29 is 27.1 Å². The Morgan fingerprint density at radius 1 is 0.909 bits per heavy atom. The number of benzene rings is 2. The van der Waals surface area contributed by atoms with Gasteiger partial charge < -0.3 is 14.4 Å². The van der Waals surface area contributed by atoms with E-state index in [0.29, 0.717) is 65.3 Å². The molecule has 1 amide bonds. The van der Waals surface area contributed by atoms with E-state index in [-0.39, 0.29) is 16.6 Å². The quantitative estimate of drug-likeness (QED) is 0.681. The van der Waals surface area contributed by atoms with Crippen molar-refractivity contribution in [1.82, 2.24) is 4.31 Å². The second kappa shape index (κ2) is 8.79. The fourth-order valence-corrected chi connectivity index (χ4v) is 6.52. The van der Waals surface area contributed by atoms with Gasteiger partial charge in [-0.15, -0.1) is 0 Å². The maximum Gasteiger partial charge on any atom is 0.243 e. The third-order valence-electron chi connectivity index (χ3n) is 6.95. The minimum Gasteiger partial charge on any atom is -0.381 e. The highest BCUT2D eigenvalue weighted by molar-refractivity contribution is 7.89. The summed E-state index contributed by atoms with van der Waals surface area (Å²) in [4.78, 5) is 15.9. The highest BCUT2D eigenvalue weighted by atomic mass is 32.2. The van der Waals surface area contributed by atoms with Crippen LogP contribution in [0.5, 0.6) is 0 Å². The molecule has 2 fully saturated rings. The fraction of sp³-hybridized carbons (Fsp3) is 0.458. The molecule has 0 spiro atoms. The monoisotopic (exact) mass is 474 g/mol. The molecule has 3 aliphatic rings. The van der Waals surface area contributed by atoms with Crippen molar-refractivity contribution in [3.05, 3.63) is 59.4 Å². The molecule has 0 aliphatic carbocycles. The first kappa shape index (κ1) is 22.5. The molecule has 0 radical (unpaired) electrons. The topological polar surface area (TPSA) is 76.2 Å². The Bertz CT molecular complexity index is 1140. The van der Waals surface area contributed by atoms with Crippen LogP contribution in [0.4, 0.5) is 10.1 Å². The first-order valence-corrected chi connectivity index (χ1v) is 12.7. The first-order valence-electron chi connectivity index (χ1n) is 11.3. The summed E-state index contributed by atoms with van der Waals surface area (Å²) in [6.07, 6.45) is 1.63. The number of rotatable bonds is 4. The number of amides is 1. The Kier molecular flexibility index (Phi) is 5.98. The zero-order chi connectivity index (χ0) is 23.1. The summed E-state index contributed by atoms with van der Waals surface area (Å²) in [7, 11) is -3.60. The first-order chi connectivity index (χ1) is 15.9. The molecule has 5 rings (SSSR count). The Morgan fingerprint density at radius 3 is 2.27 bits per heavy atom. The lowest BCUT2D eigenvalue weighted by atomic mass is 9.73. The Balaban J connectivity index is 1.46. The number of carbonyl (C=O) groups excluding carboxylic acids is 1. The lowest BCUT2D eigenvalue weighted by molar-refractivity contribution is -0.127. The summed E-state index contributed by atoms with van der Waals surface area (Å²) in [6.45, 7) is 2.86. The molecule has 2 aromatic rings. The number of carbonyl (C=O) groups is 1. The minimum absolute atomic E-state index is 0.0417. The summed E-state index contributed by atoms with van der Waals surface area (Å²) < 4.78 is 51.9. The van der Waals surface area contributed by atoms with Crippen molar-refractivity contribution in [3.8, 4) is 0 Å². The van der Waals surface area contributed by atoms with Gasteiger partial charge in [-0.3, -0.25) is 4.79 Å². The number of morpholine rings is 1. The Labute approximate surface area is 193 Å². The van der Waals surface area contributed by atoms with E-state index in [4.69, 9.17) is 9.47 Å². The van der Waals surface area contributed by atoms with Gasteiger partial charge in [-0.05, 0) is 60.7 Å². The number of fused-ring (bicyclic) bond motifs is 1. The second-order valence-corrected chi connectivity index (χ2v) is 10.7. The zero-order valence-electron chi connectivity index (χ0n) is 18.3. The van der Waals surface area contributed by atoms with Crippen LogP contribution in [0, 0.1) is 5.82 Å². The number of halogens is 1. The van der Waals surface area contributed by atoms with E-state index < -0.39 is 15.4 Å². The van der Waals surface area contributed by atoms with E-state index in [0.717, 1.165) is 16.8 Å². The van der Waals surface area contributed by atoms with E-state index in [1.165, 1.54) is 16.4 Å². The Morgan fingerprint density at radius 2 is 1.58 bits per heavy atom. The fourth-order valence-electron chi connectivity index (χ4n) is 5.06. The molecular formula is C24H27FN2O5S. The van der Waals surface area contributed by atoms with Crippen molar-refractivity contribution >= 4 is 21.6 Å². The molecule has 33 heavy (non-hydrogen) atoms. The van der Waals surface area contributed by atoms with Crippen molar-refractivity contribution in [2.75, 3.05) is 51.0 Å². The number of nitrogens with zero attached hydrogens (tertiary/aromatic N) is 2. The van der Waals surface area contributed by atoms with E-state index >= 15 is 0 Å². The standard InChI is InChI=1S/C24H27FN2O5S/c25-20-3-1-19(2-4-20)24(8-13-31-14-9-24)23(28)27-10-7-18-17-21(5-6-22(18)27)33(29,30)26-11-15-32-16-12-26/h1-6,17H,7-16H2. The van der Waals surface area contributed by atoms with Crippen LogP contribution in [-0.2, 0) is 36.1 Å². The average molecular weight is 475 g/mol. The normalized spacial score (nSPS) is 21.1. The molecule has 0 atom stereocenters. The van der Waals surface area contributed by atoms with E-state index in [2.05, 4.69) is 0 Å². The van der Waals surface area contributed by atoms with E-state index in [1.54, 1.807) is 35.2 Å². The van der Waals surface area contributed by atoms with Gasteiger partial charge in [0, 0.05) is 38.5 Å². The van der Waals surface area contributed by atoms with Crippen LogP contribution in [-0.4, -0.2) is 64.7 Å². The third kappa shape index (κ3) is 3.97. The molecule has 7 nitrogen and oxygen atoms in total. The molecule has 176 valence electrons. The van der Waals surface area contributed by atoms with Crippen molar-refractivity contribution in [2.45, 2.75) is 29.6 Å². The van der Waals surface area contributed by atoms with Crippen LogP contribution in [0.25, 0.3) is 0 Å².